The maximum absolute atomic E-state index is 14.2. The van der Waals surface area contributed by atoms with Crippen molar-refractivity contribution in [1.29, 1.82) is 0 Å². The highest BCUT2D eigenvalue weighted by Crippen LogP contribution is 2.27. The molecule has 2 amide bonds. The number of rotatable bonds is 12. The van der Waals surface area contributed by atoms with Crippen LogP contribution in [0, 0.1) is 19.8 Å². The Morgan fingerprint density at radius 2 is 1.63 bits per heavy atom. The number of nitrogens with zero attached hydrogens (tertiary/aromatic N) is 2. The molecule has 0 bridgehead atoms. The van der Waals surface area contributed by atoms with Gasteiger partial charge in [0.15, 0.2) is 0 Å². The van der Waals surface area contributed by atoms with Crippen LogP contribution in [0.1, 0.15) is 36.1 Å². The van der Waals surface area contributed by atoms with Gasteiger partial charge < -0.3 is 10.2 Å². The van der Waals surface area contributed by atoms with Gasteiger partial charge in [0.2, 0.25) is 21.8 Å². The van der Waals surface area contributed by atoms with Gasteiger partial charge in [0.1, 0.15) is 12.6 Å². The second-order valence-electron chi connectivity index (χ2n) is 10.7. The van der Waals surface area contributed by atoms with Crippen LogP contribution in [-0.2, 0) is 32.6 Å². The van der Waals surface area contributed by atoms with E-state index in [1.54, 1.807) is 31.2 Å². The van der Waals surface area contributed by atoms with Crippen LogP contribution in [0.15, 0.2) is 66.7 Å². The summed E-state index contributed by atoms with van der Waals surface area (Å²) in [5.74, 6) is -0.683. The van der Waals surface area contributed by atoms with Crippen molar-refractivity contribution in [3.05, 3.63) is 99.0 Å². The van der Waals surface area contributed by atoms with Gasteiger partial charge in [-0.3, -0.25) is 13.9 Å². The second kappa shape index (κ2) is 14.2. The average Bonchev–Trinajstić information content (AvgIpc) is 2.90. The lowest BCUT2D eigenvalue weighted by atomic mass is 10.0. The molecule has 0 heterocycles. The minimum absolute atomic E-state index is 0.0220. The molecule has 3 rings (SSSR count). The van der Waals surface area contributed by atoms with Crippen molar-refractivity contribution in [2.45, 2.75) is 46.7 Å². The minimum atomic E-state index is -3.86. The molecule has 1 N–H and O–H groups in total. The molecule has 220 valence electrons. The molecule has 0 spiro atoms. The summed E-state index contributed by atoms with van der Waals surface area (Å²) in [5.41, 5.74) is 3.40. The first-order valence-corrected chi connectivity index (χ1v) is 16.0. The van der Waals surface area contributed by atoms with Crippen LogP contribution in [0.3, 0.4) is 0 Å². The standard InChI is InChI=1S/C31H37Cl2N3O4S/c1-21(2)18-34-31(38)29(16-24-9-7-6-8-10-24)35(19-25-13-14-26(32)17-27(25)33)30(37)20-36(41(5,39)40)28-15-22(3)11-12-23(28)4/h6-15,17,21,29H,16,18-20H2,1-5H3,(H,34,38)/t29-/m1/s1. The summed E-state index contributed by atoms with van der Waals surface area (Å²) in [4.78, 5) is 29.3. The number of halogens is 2. The largest absolute Gasteiger partial charge is 0.354 e. The Bertz CT molecular complexity index is 1480. The Morgan fingerprint density at radius 1 is 0.951 bits per heavy atom. The van der Waals surface area contributed by atoms with E-state index in [-0.39, 0.29) is 24.8 Å². The van der Waals surface area contributed by atoms with E-state index in [0.29, 0.717) is 33.4 Å². The highest BCUT2D eigenvalue weighted by atomic mass is 35.5. The number of carbonyl (C=O) groups is 2. The number of hydrogen-bond acceptors (Lipinski definition) is 4. The molecule has 0 saturated heterocycles. The number of carbonyl (C=O) groups excluding carboxylic acids is 2. The highest BCUT2D eigenvalue weighted by Gasteiger charge is 2.33. The van der Waals surface area contributed by atoms with E-state index in [1.807, 2.05) is 63.2 Å². The van der Waals surface area contributed by atoms with Crippen molar-refractivity contribution in [1.82, 2.24) is 10.2 Å². The zero-order valence-electron chi connectivity index (χ0n) is 24.0. The van der Waals surface area contributed by atoms with E-state index in [0.717, 1.165) is 21.7 Å². The number of benzene rings is 3. The van der Waals surface area contributed by atoms with E-state index in [2.05, 4.69) is 5.32 Å². The molecule has 0 fully saturated rings. The number of anilines is 1. The van der Waals surface area contributed by atoms with Crippen LogP contribution in [-0.4, -0.2) is 50.5 Å². The molecule has 0 radical (unpaired) electrons. The first kappa shape index (κ1) is 32.4. The molecule has 0 aliphatic carbocycles. The number of sulfonamides is 1. The Hall–Kier alpha value is -3.07. The van der Waals surface area contributed by atoms with E-state index in [1.165, 1.54) is 4.90 Å². The molecule has 0 aliphatic rings. The third-order valence-electron chi connectivity index (χ3n) is 6.62. The Labute approximate surface area is 253 Å². The molecule has 0 aromatic heterocycles. The van der Waals surface area contributed by atoms with Crippen molar-refractivity contribution in [2.24, 2.45) is 5.92 Å². The quantitative estimate of drug-likeness (QED) is 0.279. The SMILES string of the molecule is Cc1ccc(C)c(N(CC(=O)N(Cc2ccc(Cl)cc2Cl)[C@H](Cc2ccccc2)C(=O)NCC(C)C)S(C)(=O)=O)c1. The second-order valence-corrected chi connectivity index (χ2v) is 13.4. The van der Waals surface area contributed by atoms with Crippen LogP contribution in [0.5, 0.6) is 0 Å². The first-order chi connectivity index (χ1) is 19.3. The molecular formula is C31H37Cl2N3O4S. The van der Waals surface area contributed by atoms with Gasteiger partial charge in [0, 0.05) is 29.6 Å². The van der Waals surface area contributed by atoms with Crippen molar-refractivity contribution < 1.29 is 18.0 Å². The molecule has 3 aromatic carbocycles. The van der Waals surface area contributed by atoms with E-state index < -0.39 is 28.5 Å². The summed E-state index contributed by atoms with van der Waals surface area (Å²) in [6.45, 7) is 7.53. The molecule has 41 heavy (non-hydrogen) atoms. The molecule has 0 aliphatic heterocycles. The predicted molar refractivity (Wildman–Crippen MR) is 167 cm³/mol. The summed E-state index contributed by atoms with van der Waals surface area (Å²) < 4.78 is 27.1. The van der Waals surface area contributed by atoms with E-state index >= 15 is 0 Å². The molecular weight excluding hydrogens is 581 g/mol. The molecule has 7 nitrogen and oxygen atoms in total. The van der Waals surface area contributed by atoms with Gasteiger partial charge >= 0.3 is 0 Å². The van der Waals surface area contributed by atoms with Gasteiger partial charge in [-0.2, -0.15) is 0 Å². The van der Waals surface area contributed by atoms with Crippen LogP contribution in [0.4, 0.5) is 5.69 Å². The van der Waals surface area contributed by atoms with Gasteiger partial charge in [-0.15, -0.1) is 0 Å². The van der Waals surface area contributed by atoms with Crippen molar-refractivity contribution >= 4 is 50.7 Å². The zero-order valence-corrected chi connectivity index (χ0v) is 26.4. The first-order valence-electron chi connectivity index (χ1n) is 13.4. The number of amides is 2. The Balaban J connectivity index is 2.10. The summed E-state index contributed by atoms with van der Waals surface area (Å²) >= 11 is 12.6. The maximum Gasteiger partial charge on any atom is 0.244 e. The van der Waals surface area contributed by atoms with Gasteiger partial charge in [0.05, 0.1) is 11.9 Å². The number of nitrogens with one attached hydrogen (secondary N) is 1. The predicted octanol–water partition coefficient (Wildman–Crippen LogP) is 5.79. The van der Waals surface area contributed by atoms with Gasteiger partial charge in [-0.1, -0.05) is 85.6 Å². The fourth-order valence-electron chi connectivity index (χ4n) is 4.39. The molecule has 10 heteroatoms. The molecule has 0 unspecified atom stereocenters. The summed E-state index contributed by atoms with van der Waals surface area (Å²) in [7, 11) is -3.86. The molecule has 1 atom stereocenters. The maximum atomic E-state index is 14.2. The lowest BCUT2D eigenvalue weighted by molar-refractivity contribution is -0.140. The third kappa shape index (κ3) is 9.21. The summed E-state index contributed by atoms with van der Waals surface area (Å²) in [6, 6.07) is 18.8. The van der Waals surface area contributed by atoms with Crippen LogP contribution >= 0.6 is 23.2 Å². The zero-order chi connectivity index (χ0) is 30.3. The fourth-order valence-corrected chi connectivity index (χ4v) is 5.76. The molecule has 3 aromatic rings. The monoisotopic (exact) mass is 617 g/mol. The Kier molecular flexibility index (Phi) is 11.2. The van der Waals surface area contributed by atoms with E-state index in [4.69, 9.17) is 23.2 Å². The van der Waals surface area contributed by atoms with Crippen LogP contribution in [0.25, 0.3) is 0 Å². The van der Waals surface area contributed by atoms with Crippen molar-refractivity contribution in [2.75, 3.05) is 23.7 Å². The minimum Gasteiger partial charge on any atom is -0.354 e. The topological polar surface area (TPSA) is 86.8 Å². The number of hydrogen-bond donors (Lipinski definition) is 1. The third-order valence-corrected chi connectivity index (χ3v) is 8.34. The van der Waals surface area contributed by atoms with Gasteiger partial charge in [-0.25, -0.2) is 8.42 Å². The highest BCUT2D eigenvalue weighted by molar-refractivity contribution is 7.92. The molecule has 0 saturated carbocycles. The smallest absolute Gasteiger partial charge is 0.244 e. The Morgan fingerprint density at radius 3 is 2.24 bits per heavy atom. The van der Waals surface area contributed by atoms with Gasteiger partial charge in [0.25, 0.3) is 0 Å². The van der Waals surface area contributed by atoms with Crippen LogP contribution in [0.2, 0.25) is 10.0 Å². The fraction of sp³-hybridized carbons (Fsp3) is 0.355. The lowest BCUT2D eigenvalue weighted by Crippen LogP contribution is -2.53. The normalized spacial score (nSPS) is 12.2. The summed E-state index contributed by atoms with van der Waals surface area (Å²) in [6.07, 6.45) is 1.29. The summed E-state index contributed by atoms with van der Waals surface area (Å²) in [5, 5.41) is 3.73. The lowest BCUT2D eigenvalue weighted by Gasteiger charge is -2.34. The van der Waals surface area contributed by atoms with E-state index in [9.17, 15) is 18.0 Å². The number of aryl methyl sites for hydroxylation is 2. The van der Waals surface area contributed by atoms with Crippen molar-refractivity contribution in [3.63, 3.8) is 0 Å². The average molecular weight is 619 g/mol. The van der Waals surface area contributed by atoms with Crippen molar-refractivity contribution in [3.8, 4) is 0 Å². The van der Waals surface area contributed by atoms with Crippen LogP contribution < -0.4 is 9.62 Å². The van der Waals surface area contributed by atoms with Gasteiger partial charge in [-0.05, 0) is 60.2 Å².